The molecule has 0 unspecified atom stereocenters. The molecule has 1 aliphatic rings. The van der Waals surface area contributed by atoms with Crippen LogP contribution in [0.3, 0.4) is 0 Å². The van der Waals surface area contributed by atoms with E-state index in [9.17, 15) is 4.39 Å². The van der Waals surface area contributed by atoms with E-state index in [2.05, 4.69) is 15.4 Å². The Hall–Kier alpha value is -3.00. The van der Waals surface area contributed by atoms with Gasteiger partial charge in [-0.25, -0.2) is 9.37 Å². The average Bonchev–Trinajstić information content (AvgIpc) is 3.31. The van der Waals surface area contributed by atoms with Gasteiger partial charge in [-0.05, 0) is 56.6 Å². The predicted molar refractivity (Wildman–Crippen MR) is 104 cm³/mol. The molecule has 144 valence electrons. The number of nitrogens with zero attached hydrogens (tertiary/aromatic N) is 5. The second kappa shape index (κ2) is 6.56. The Morgan fingerprint density at radius 3 is 2.71 bits per heavy atom. The molecule has 1 saturated heterocycles. The number of hydrogen-bond acceptors (Lipinski definition) is 5. The quantitative estimate of drug-likeness (QED) is 0.591. The van der Waals surface area contributed by atoms with E-state index in [0.29, 0.717) is 11.4 Å². The van der Waals surface area contributed by atoms with Gasteiger partial charge in [-0.3, -0.25) is 0 Å². The van der Waals surface area contributed by atoms with Gasteiger partial charge in [0.2, 0.25) is 0 Å². The smallest absolute Gasteiger partial charge is 0.173 e. The maximum atomic E-state index is 14.5. The first-order valence-electron chi connectivity index (χ1n) is 9.43. The minimum atomic E-state index is -0.358. The van der Waals surface area contributed by atoms with Crippen LogP contribution < -0.4 is 10.1 Å². The van der Waals surface area contributed by atoms with E-state index in [0.717, 1.165) is 53.8 Å². The van der Waals surface area contributed by atoms with Crippen molar-refractivity contribution < 1.29 is 9.13 Å². The van der Waals surface area contributed by atoms with Crippen molar-refractivity contribution in [3.63, 3.8) is 0 Å². The highest BCUT2D eigenvalue weighted by molar-refractivity contribution is 5.87. The standard InChI is InChI=1S/C20H21FN6O/c1-12-10-26-11-14(7-16(21)20(26)23-12)13-8-17-19(18(9-13)28-2)25-27(24-17)15-3-5-22-6-4-15/h7-11,15,22H,3-6H2,1-2H3. The van der Waals surface area contributed by atoms with Gasteiger partial charge in [0.15, 0.2) is 17.0 Å². The van der Waals surface area contributed by atoms with Gasteiger partial charge < -0.3 is 14.5 Å². The average molecular weight is 380 g/mol. The molecule has 0 spiro atoms. The van der Waals surface area contributed by atoms with Crippen molar-refractivity contribution in [2.24, 2.45) is 0 Å². The second-order valence-electron chi connectivity index (χ2n) is 7.24. The number of aryl methyl sites for hydroxylation is 1. The minimum Gasteiger partial charge on any atom is -0.494 e. The summed E-state index contributed by atoms with van der Waals surface area (Å²) >= 11 is 0. The van der Waals surface area contributed by atoms with Crippen molar-refractivity contribution in [3.05, 3.63) is 42.1 Å². The van der Waals surface area contributed by atoms with Gasteiger partial charge in [0, 0.05) is 18.0 Å². The first-order chi connectivity index (χ1) is 13.6. The lowest BCUT2D eigenvalue weighted by Gasteiger charge is -2.21. The van der Waals surface area contributed by atoms with Gasteiger partial charge in [0.1, 0.15) is 11.3 Å². The van der Waals surface area contributed by atoms with E-state index in [1.165, 1.54) is 6.07 Å². The van der Waals surface area contributed by atoms with Crippen LogP contribution in [-0.4, -0.2) is 44.6 Å². The molecular weight excluding hydrogens is 359 g/mol. The lowest BCUT2D eigenvalue weighted by molar-refractivity contribution is 0.316. The lowest BCUT2D eigenvalue weighted by Crippen LogP contribution is -2.30. The summed E-state index contributed by atoms with van der Waals surface area (Å²) in [5.41, 5.74) is 4.13. The van der Waals surface area contributed by atoms with Crippen LogP contribution >= 0.6 is 0 Å². The lowest BCUT2D eigenvalue weighted by atomic mass is 10.1. The van der Waals surface area contributed by atoms with E-state index in [4.69, 9.17) is 9.84 Å². The molecule has 3 aromatic heterocycles. The number of benzene rings is 1. The van der Waals surface area contributed by atoms with Crippen LogP contribution in [0.4, 0.5) is 4.39 Å². The second-order valence-corrected chi connectivity index (χ2v) is 7.24. The Morgan fingerprint density at radius 2 is 1.93 bits per heavy atom. The summed E-state index contributed by atoms with van der Waals surface area (Å²) in [6, 6.07) is 5.60. The monoisotopic (exact) mass is 380 g/mol. The molecule has 1 aliphatic heterocycles. The molecule has 4 heterocycles. The van der Waals surface area contributed by atoms with E-state index in [1.807, 2.05) is 31.5 Å². The largest absolute Gasteiger partial charge is 0.494 e. The first kappa shape index (κ1) is 17.1. The van der Waals surface area contributed by atoms with Crippen molar-refractivity contribution in [1.82, 2.24) is 29.7 Å². The minimum absolute atomic E-state index is 0.282. The highest BCUT2D eigenvalue weighted by Crippen LogP contribution is 2.32. The molecule has 0 bridgehead atoms. The van der Waals surface area contributed by atoms with Crippen molar-refractivity contribution in [1.29, 1.82) is 0 Å². The molecule has 5 rings (SSSR count). The number of rotatable bonds is 3. The van der Waals surface area contributed by atoms with Crippen LogP contribution in [0.25, 0.3) is 27.8 Å². The van der Waals surface area contributed by atoms with Gasteiger partial charge in [0.25, 0.3) is 0 Å². The third-order valence-electron chi connectivity index (χ3n) is 5.28. The zero-order valence-corrected chi connectivity index (χ0v) is 15.8. The molecular formula is C20H21FN6O. The molecule has 1 fully saturated rings. The Labute approximate surface area is 161 Å². The summed E-state index contributed by atoms with van der Waals surface area (Å²) in [5.74, 6) is 0.276. The number of hydrogen-bond donors (Lipinski definition) is 1. The fraction of sp³-hybridized carbons (Fsp3) is 0.350. The Kier molecular flexibility index (Phi) is 4.01. The molecule has 0 amide bonds. The zero-order chi connectivity index (χ0) is 19.3. The van der Waals surface area contributed by atoms with Crippen LogP contribution in [0.1, 0.15) is 24.6 Å². The molecule has 0 atom stereocenters. The van der Waals surface area contributed by atoms with Crippen molar-refractivity contribution >= 4 is 16.7 Å². The van der Waals surface area contributed by atoms with Gasteiger partial charge in [-0.15, -0.1) is 5.10 Å². The Balaban J connectivity index is 1.63. The van der Waals surface area contributed by atoms with Gasteiger partial charge in [-0.2, -0.15) is 9.90 Å². The van der Waals surface area contributed by atoms with Gasteiger partial charge in [0.05, 0.1) is 18.8 Å². The van der Waals surface area contributed by atoms with E-state index < -0.39 is 0 Å². The fourth-order valence-corrected chi connectivity index (χ4v) is 3.87. The number of aromatic nitrogens is 5. The summed E-state index contributed by atoms with van der Waals surface area (Å²) in [6.45, 7) is 3.78. The van der Waals surface area contributed by atoms with Crippen LogP contribution in [0.2, 0.25) is 0 Å². The number of methoxy groups -OCH3 is 1. The molecule has 0 saturated carbocycles. The Morgan fingerprint density at radius 1 is 1.11 bits per heavy atom. The van der Waals surface area contributed by atoms with Crippen molar-refractivity contribution in [2.45, 2.75) is 25.8 Å². The number of nitrogens with one attached hydrogen (secondary N) is 1. The summed E-state index contributed by atoms with van der Waals surface area (Å²) < 4.78 is 21.8. The molecule has 4 aromatic rings. The summed E-state index contributed by atoms with van der Waals surface area (Å²) in [6.07, 6.45) is 5.68. The first-order valence-corrected chi connectivity index (χ1v) is 9.43. The van der Waals surface area contributed by atoms with Crippen LogP contribution in [0.15, 0.2) is 30.6 Å². The fourth-order valence-electron chi connectivity index (χ4n) is 3.87. The number of fused-ring (bicyclic) bond motifs is 2. The highest BCUT2D eigenvalue weighted by Gasteiger charge is 2.20. The zero-order valence-electron chi connectivity index (χ0n) is 15.8. The molecule has 0 aliphatic carbocycles. The molecule has 28 heavy (non-hydrogen) atoms. The predicted octanol–water partition coefficient (Wildman–Crippen LogP) is 3.13. The summed E-state index contributed by atoms with van der Waals surface area (Å²) in [7, 11) is 1.62. The van der Waals surface area contributed by atoms with E-state index in [-0.39, 0.29) is 11.9 Å². The maximum absolute atomic E-state index is 14.5. The van der Waals surface area contributed by atoms with Crippen LogP contribution in [0.5, 0.6) is 5.75 Å². The molecule has 1 N–H and O–H groups in total. The summed E-state index contributed by atoms with van der Waals surface area (Å²) in [4.78, 5) is 6.03. The SMILES string of the molecule is COc1cc(-c2cc(F)c3nc(C)cn3c2)cc2nn(C3CCNCC3)nc12. The highest BCUT2D eigenvalue weighted by atomic mass is 19.1. The van der Waals surface area contributed by atoms with E-state index >= 15 is 0 Å². The Bertz CT molecular complexity index is 1170. The number of halogens is 1. The van der Waals surface area contributed by atoms with Gasteiger partial charge >= 0.3 is 0 Å². The number of imidazole rings is 1. The maximum Gasteiger partial charge on any atom is 0.173 e. The molecule has 8 heteroatoms. The number of ether oxygens (including phenoxy) is 1. The van der Waals surface area contributed by atoms with Crippen molar-refractivity contribution in [3.8, 4) is 16.9 Å². The third-order valence-corrected chi connectivity index (χ3v) is 5.28. The third kappa shape index (κ3) is 2.80. The van der Waals surface area contributed by atoms with Crippen molar-refractivity contribution in [2.75, 3.05) is 20.2 Å². The van der Waals surface area contributed by atoms with Gasteiger partial charge in [-0.1, -0.05) is 0 Å². The molecule has 0 radical (unpaired) electrons. The molecule has 7 nitrogen and oxygen atoms in total. The van der Waals surface area contributed by atoms with Crippen LogP contribution in [0, 0.1) is 12.7 Å². The normalized spacial score (nSPS) is 15.5. The number of pyridine rings is 1. The molecule has 1 aromatic carbocycles. The van der Waals surface area contributed by atoms with Crippen LogP contribution in [-0.2, 0) is 0 Å². The summed E-state index contributed by atoms with van der Waals surface area (Å²) in [5, 5.41) is 12.7. The topological polar surface area (TPSA) is 69.3 Å². The van der Waals surface area contributed by atoms with E-state index in [1.54, 1.807) is 16.3 Å². The number of piperidine rings is 1.